The first-order valence-electron chi connectivity index (χ1n) is 4.59. The minimum atomic E-state index is -3.46. The Morgan fingerprint density at radius 2 is 0.929 bits per heavy atom. The summed E-state index contributed by atoms with van der Waals surface area (Å²) in [7, 11) is -6.91. The molecule has 0 aromatic rings. The molecule has 0 saturated carbocycles. The second kappa shape index (κ2) is 3.20. The molecule has 1 fully saturated rings. The molecule has 0 radical (unpaired) electrons. The van der Waals surface area contributed by atoms with E-state index in [1.54, 1.807) is 27.7 Å². The van der Waals surface area contributed by atoms with Crippen LogP contribution in [0.2, 0.25) is 0 Å². The van der Waals surface area contributed by atoms with Gasteiger partial charge in [-0.15, -0.1) is 0 Å². The number of hydrogen-bond acceptors (Lipinski definition) is 4. The molecule has 0 bridgehead atoms. The van der Waals surface area contributed by atoms with Gasteiger partial charge in [0, 0.05) is 0 Å². The van der Waals surface area contributed by atoms with Gasteiger partial charge in [-0.3, -0.25) is 0 Å². The Morgan fingerprint density at radius 3 is 1.07 bits per heavy atom. The van der Waals surface area contributed by atoms with Crippen LogP contribution in [0.1, 0.15) is 27.7 Å². The molecular weight excluding hydrogens is 224 g/mol. The van der Waals surface area contributed by atoms with Crippen LogP contribution in [0.5, 0.6) is 0 Å². The van der Waals surface area contributed by atoms with E-state index < -0.39 is 28.8 Å². The largest absolute Gasteiger partial charge is 0.226 e. The molecule has 1 rings (SSSR count). The lowest BCUT2D eigenvalue weighted by molar-refractivity contribution is 0.495. The highest BCUT2D eigenvalue weighted by molar-refractivity contribution is 8.25. The molecule has 84 valence electrons. The molecule has 1 saturated heterocycles. The molecule has 0 atom stereocenters. The summed E-state index contributed by atoms with van der Waals surface area (Å²) in [6.07, 6.45) is 0. The van der Waals surface area contributed by atoms with Crippen molar-refractivity contribution in [2.75, 3.05) is 0 Å². The number of rotatable bonds is 2. The Morgan fingerprint density at radius 1 is 0.714 bits per heavy atom. The zero-order chi connectivity index (χ0) is 11.3. The highest BCUT2D eigenvalue weighted by atomic mass is 32.3. The minimum absolute atomic E-state index is 0.361. The van der Waals surface area contributed by atoms with Gasteiger partial charge in [0.15, 0.2) is 28.8 Å². The molecule has 4 nitrogen and oxygen atoms in total. The molecule has 0 unspecified atom stereocenters. The van der Waals surface area contributed by atoms with Crippen molar-refractivity contribution in [2.45, 2.75) is 36.9 Å². The second-order valence-electron chi connectivity index (χ2n) is 4.40. The first kappa shape index (κ1) is 12.0. The van der Waals surface area contributed by atoms with E-state index in [4.69, 9.17) is 0 Å². The average molecular weight is 240 g/mol. The average Bonchev–Trinajstić information content (AvgIpc) is 1.77. The maximum absolute atomic E-state index is 11.7. The van der Waals surface area contributed by atoms with Gasteiger partial charge in [0.2, 0.25) is 0 Å². The molecule has 0 amide bonds. The summed E-state index contributed by atoms with van der Waals surface area (Å²) < 4.78 is 44.3. The monoisotopic (exact) mass is 240 g/mol. The molecule has 1 aliphatic heterocycles. The summed E-state index contributed by atoms with van der Waals surface area (Å²) in [6.45, 7) is 6.49. The molecule has 6 heteroatoms. The third-order valence-corrected chi connectivity index (χ3v) is 10.4. The molecule has 1 heterocycles. The molecule has 1 aliphatic rings. The molecule has 0 aromatic carbocycles. The van der Waals surface area contributed by atoms with E-state index in [1.165, 1.54) is 0 Å². The molecule has 0 aliphatic carbocycles. The quantitative estimate of drug-likeness (QED) is 0.715. The smallest absolute Gasteiger partial charge is 0.185 e. The Labute approximate surface area is 85.5 Å². The van der Waals surface area contributed by atoms with Crippen LogP contribution in [0.15, 0.2) is 0 Å². The SMILES string of the molecule is CC(C)C1S(=O)(=O)C(C(C)C)S1(=O)=O. The molecule has 14 heavy (non-hydrogen) atoms. The first-order chi connectivity index (χ1) is 6.13. The van der Waals surface area contributed by atoms with Crippen molar-refractivity contribution in [3.05, 3.63) is 0 Å². The van der Waals surface area contributed by atoms with Crippen LogP contribution in [0.3, 0.4) is 0 Å². The van der Waals surface area contributed by atoms with Crippen LogP contribution in [-0.2, 0) is 19.7 Å². The van der Waals surface area contributed by atoms with Crippen molar-refractivity contribution >= 4 is 19.7 Å². The van der Waals surface area contributed by atoms with Crippen molar-refractivity contribution in [3.8, 4) is 0 Å². The zero-order valence-corrected chi connectivity index (χ0v) is 10.4. The fraction of sp³-hybridized carbons (Fsp3) is 1.00. The lowest BCUT2D eigenvalue weighted by Gasteiger charge is -2.39. The van der Waals surface area contributed by atoms with Crippen molar-refractivity contribution in [2.24, 2.45) is 11.8 Å². The Balaban J connectivity index is 3.23. The van der Waals surface area contributed by atoms with Crippen LogP contribution in [0.4, 0.5) is 0 Å². The van der Waals surface area contributed by atoms with Crippen LogP contribution < -0.4 is 0 Å². The maximum Gasteiger partial charge on any atom is 0.185 e. The standard InChI is InChI=1S/C8H16O4S2/c1-5(2)7-13(9,10)8(6(3)4)14(7,11)12/h5-8H,1-4H3. The van der Waals surface area contributed by atoms with Crippen molar-refractivity contribution in [1.82, 2.24) is 0 Å². The van der Waals surface area contributed by atoms with Crippen LogP contribution in [0, 0.1) is 11.8 Å². The van der Waals surface area contributed by atoms with Gasteiger partial charge in [0.25, 0.3) is 0 Å². The van der Waals surface area contributed by atoms with Gasteiger partial charge in [0.1, 0.15) is 0 Å². The summed E-state index contributed by atoms with van der Waals surface area (Å²) >= 11 is 0. The van der Waals surface area contributed by atoms with E-state index in [0.29, 0.717) is 0 Å². The predicted octanol–water partition coefficient (Wildman–Crippen LogP) is 0.794. The van der Waals surface area contributed by atoms with E-state index in [2.05, 4.69) is 0 Å². The highest BCUT2D eigenvalue weighted by Gasteiger charge is 2.62. The molecule has 0 N–H and O–H groups in total. The van der Waals surface area contributed by atoms with E-state index in [-0.39, 0.29) is 11.8 Å². The number of sulfone groups is 2. The van der Waals surface area contributed by atoms with Gasteiger partial charge < -0.3 is 0 Å². The van der Waals surface area contributed by atoms with Gasteiger partial charge in [-0.1, -0.05) is 27.7 Å². The summed E-state index contributed by atoms with van der Waals surface area (Å²) in [5, 5.41) is 0. The zero-order valence-electron chi connectivity index (χ0n) is 8.76. The molecule has 0 aromatic heterocycles. The summed E-state index contributed by atoms with van der Waals surface area (Å²) in [6, 6.07) is 0. The third kappa shape index (κ3) is 1.39. The van der Waals surface area contributed by atoms with Gasteiger partial charge in [0.05, 0.1) is 0 Å². The third-order valence-electron chi connectivity index (χ3n) is 2.38. The minimum Gasteiger partial charge on any atom is -0.226 e. The Hall–Kier alpha value is -0.100. The van der Waals surface area contributed by atoms with Gasteiger partial charge in [-0.2, -0.15) is 0 Å². The fourth-order valence-electron chi connectivity index (χ4n) is 2.10. The summed E-state index contributed by atoms with van der Waals surface area (Å²) in [5.41, 5.74) is 0. The molecule has 0 spiro atoms. The van der Waals surface area contributed by atoms with Crippen LogP contribution >= 0.6 is 0 Å². The first-order valence-corrected chi connectivity index (χ1v) is 7.80. The van der Waals surface area contributed by atoms with Crippen molar-refractivity contribution in [3.63, 3.8) is 0 Å². The van der Waals surface area contributed by atoms with Crippen LogP contribution in [0.25, 0.3) is 0 Å². The highest BCUT2D eigenvalue weighted by Crippen LogP contribution is 2.41. The van der Waals surface area contributed by atoms with E-state index in [0.717, 1.165) is 0 Å². The van der Waals surface area contributed by atoms with Gasteiger partial charge in [-0.05, 0) is 11.8 Å². The summed E-state index contributed by atoms with van der Waals surface area (Å²) in [4.78, 5) is 0. The van der Waals surface area contributed by atoms with Gasteiger partial charge in [-0.25, -0.2) is 16.8 Å². The topological polar surface area (TPSA) is 68.3 Å². The Kier molecular flexibility index (Phi) is 2.73. The molecular formula is C8H16O4S2. The lowest BCUT2D eigenvalue weighted by Crippen LogP contribution is -2.60. The lowest BCUT2D eigenvalue weighted by atomic mass is 10.2. The van der Waals surface area contributed by atoms with Crippen molar-refractivity contribution < 1.29 is 16.8 Å². The number of hydrogen-bond donors (Lipinski definition) is 0. The van der Waals surface area contributed by atoms with Crippen LogP contribution in [-0.4, -0.2) is 26.0 Å². The van der Waals surface area contributed by atoms with Gasteiger partial charge >= 0.3 is 0 Å². The van der Waals surface area contributed by atoms with E-state index >= 15 is 0 Å². The van der Waals surface area contributed by atoms with E-state index in [9.17, 15) is 16.8 Å². The summed E-state index contributed by atoms with van der Waals surface area (Å²) in [5.74, 6) is -0.722. The fourth-order valence-corrected chi connectivity index (χ4v) is 9.27. The predicted molar refractivity (Wildman–Crippen MR) is 55.1 cm³/mol. The second-order valence-corrected chi connectivity index (χ2v) is 9.39. The normalized spacial score (nSPS) is 34.4. The van der Waals surface area contributed by atoms with E-state index in [1.807, 2.05) is 0 Å². The van der Waals surface area contributed by atoms with Crippen molar-refractivity contribution in [1.29, 1.82) is 0 Å². The Bertz CT molecular complexity index is 354. The maximum atomic E-state index is 11.7.